The third-order valence-electron chi connectivity index (χ3n) is 10.4. The Morgan fingerprint density at radius 1 is 0.368 bits per heavy atom. The first-order valence-corrected chi connectivity index (χ1v) is 24.2. The summed E-state index contributed by atoms with van der Waals surface area (Å²) in [5.41, 5.74) is 0. The Balaban J connectivity index is 4.42. The summed E-state index contributed by atoms with van der Waals surface area (Å²) >= 11 is 0. The molecule has 0 rings (SSSR count). The monoisotopic (exact) mass is 799 g/mol. The lowest BCUT2D eigenvalue weighted by molar-refractivity contribution is -0.167. The van der Waals surface area contributed by atoms with Crippen LogP contribution < -0.4 is 0 Å². The fraction of sp³-hybridized carbons (Fsp3) is 0.784. The second kappa shape index (κ2) is 46.1. The molecule has 0 aliphatic heterocycles. The number of carbonyl (C=O) groups is 3. The third kappa shape index (κ3) is 44.3. The fourth-order valence-corrected chi connectivity index (χ4v) is 6.73. The number of allylic oxidation sites excluding steroid dienone is 8. The van der Waals surface area contributed by atoms with Crippen molar-refractivity contribution in [1.82, 2.24) is 0 Å². The van der Waals surface area contributed by atoms with Gasteiger partial charge in [0.15, 0.2) is 6.10 Å². The van der Waals surface area contributed by atoms with Crippen molar-refractivity contribution >= 4 is 17.9 Å². The number of carbonyl (C=O) groups excluding carboxylic acids is 3. The second-order valence-corrected chi connectivity index (χ2v) is 16.1. The molecule has 330 valence electrons. The van der Waals surface area contributed by atoms with Crippen LogP contribution in [0.25, 0.3) is 0 Å². The van der Waals surface area contributed by atoms with Crippen molar-refractivity contribution in [3.05, 3.63) is 48.6 Å². The molecule has 6 heteroatoms. The maximum absolute atomic E-state index is 12.7. The Hall–Kier alpha value is -2.63. The van der Waals surface area contributed by atoms with Crippen LogP contribution in [0.15, 0.2) is 48.6 Å². The number of esters is 3. The SMILES string of the molecule is CC/C=C/C=C/C=C/CCCCCCCC(=O)OCC(COC(=O)CCCCCCCCCCCCCCC)OC(=O)CCCCC/C=C/CCCCCCCC. The van der Waals surface area contributed by atoms with Gasteiger partial charge in [-0.25, -0.2) is 0 Å². The maximum Gasteiger partial charge on any atom is 0.306 e. The zero-order chi connectivity index (χ0) is 41.5. The van der Waals surface area contributed by atoms with Crippen molar-refractivity contribution in [2.75, 3.05) is 13.2 Å². The Labute approximate surface area is 352 Å². The molecule has 0 bridgehead atoms. The van der Waals surface area contributed by atoms with Crippen LogP contribution >= 0.6 is 0 Å². The molecular formula is C51H90O6. The molecule has 0 fully saturated rings. The van der Waals surface area contributed by atoms with E-state index in [2.05, 4.69) is 69.4 Å². The van der Waals surface area contributed by atoms with Crippen molar-refractivity contribution in [3.8, 4) is 0 Å². The molecule has 0 aromatic heterocycles. The van der Waals surface area contributed by atoms with E-state index in [-0.39, 0.29) is 31.1 Å². The average molecular weight is 799 g/mol. The lowest BCUT2D eigenvalue weighted by Crippen LogP contribution is -2.30. The molecule has 0 amide bonds. The number of unbranched alkanes of at least 4 members (excludes halogenated alkanes) is 26. The van der Waals surface area contributed by atoms with Crippen molar-refractivity contribution in [2.45, 2.75) is 245 Å². The van der Waals surface area contributed by atoms with Gasteiger partial charge in [-0.3, -0.25) is 14.4 Å². The van der Waals surface area contributed by atoms with Crippen molar-refractivity contribution in [2.24, 2.45) is 0 Å². The van der Waals surface area contributed by atoms with E-state index in [0.717, 1.165) is 96.3 Å². The summed E-state index contributed by atoms with van der Waals surface area (Å²) in [6.45, 7) is 6.47. The first-order valence-electron chi connectivity index (χ1n) is 24.2. The summed E-state index contributed by atoms with van der Waals surface area (Å²) in [5.74, 6) is -0.918. The molecule has 0 saturated carbocycles. The van der Waals surface area contributed by atoms with E-state index in [9.17, 15) is 14.4 Å². The van der Waals surface area contributed by atoms with E-state index >= 15 is 0 Å². The Bertz CT molecular complexity index is 1010. The number of hydrogen-bond donors (Lipinski definition) is 0. The van der Waals surface area contributed by atoms with Gasteiger partial charge < -0.3 is 14.2 Å². The zero-order valence-electron chi connectivity index (χ0n) is 37.6. The van der Waals surface area contributed by atoms with E-state index in [4.69, 9.17) is 14.2 Å². The average Bonchev–Trinajstić information content (AvgIpc) is 3.21. The van der Waals surface area contributed by atoms with Gasteiger partial charge in [-0.1, -0.05) is 204 Å². The largest absolute Gasteiger partial charge is 0.462 e. The van der Waals surface area contributed by atoms with E-state index < -0.39 is 6.10 Å². The minimum atomic E-state index is -0.785. The topological polar surface area (TPSA) is 78.9 Å². The summed E-state index contributed by atoms with van der Waals surface area (Å²) < 4.78 is 16.7. The van der Waals surface area contributed by atoms with Crippen LogP contribution in [0.1, 0.15) is 239 Å². The van der Waals surface area contributed by atoms with Gasteiger partial charge >= 0.3 is 17.9 Å². The minimum absolute atomic E-state index is 0.0840. The molecule has 0 aliphatic rings. The smallest absolute Gasteiger partial charge is 0.306 e. The summed E-state index contributed by atoms with van der Waals surface area (Å²) in [6.07, 6.45) is 53.8. The highest BCUT2D eigenvalue weighted by Crippen LogP contribution is 2.15. The zero-order valence-corrected chi connectivity index (χ0v) is 37.6. The molecule has 1 unspecified atom stereocenters. The van der Waals surface area contributed by atoms with Gasteiger partial charge in [0, 0.05) is 19.3 Å². The summed E-state index contributed by atoms with van der Waals surface area (Å²) in [7, 11) is 0. The van der Waals surface area contributed by atoms with Crippen LogP contribution in [0.3, 0.4) is 0 Å². The predicted octanol–water partition coefficient (Wildman–Crippen LogP) is 15.5. The molecule has 0 spiro atoms. The van der Waals surface area contributed by atoms with Crippen molar-refractivity contribution in [3.63, 3.8) is 0 Å². The maximum atomic E-state index is 12.7. The first kappa shape index (κ1) is 54.4. The summed E-state index contributed by atoms with van der Waals surface area (Å²) in [6, 6.07) is 0. The van der Waals surface area contributed by atoms with Crippen LogP contribution in [-0.4, -0.2) is 37.2 Å². The lowest BCUT2D eigenvalue weighted by atomic mass is 10.0. The normalized spacial score (nSPS) is 12.4. The Kier molecular flexibility index (Phi) is 43.9. The molecule has 0 radical (unpaired) electrons. The third-order valence-corrected chi connectivity index (χ3v) is 10.4. The Morgan fingerprint density at radius 2 is 0.702 bits per heavy atom. The molecule has 0 heterocycles. The van der Waals surface area contributed by atoms with Gasteiger partial charge in [0.25, 0.3) is 0 Å². The number of rotatable bonds is 43. The predicted molar refractivity (Wildman–Crippen MR) is 242 cm³/mol. The van der Waals surface area contributed by atoms with E-state index in [1.54, 1.807) is 0 Å². The molecule has 0 aliphatic carbocycles. The molecule has 0 aromatic rings. The summed E-state index contributed by atoms with van der Waals surface area (Å²) in [5, 5.41) is 0. The van der Waals surface area contributed by atoms with E-state index in [1.165, 1.54) is 103 Å². The van der Waals surface area contributed by atoms with Crippen molar-refractivity contribution in [1.29, 1.82) is 0 Å². The molecule has 0 aromatic carbocycles. The number of hydrogen-bond acceptors (Lipinski definition) is 6. The van der Waals surface area contributed by atoms with Crippen LogP contribution in [0.5, 0.6) is 0 Å². The minimum Gasteiger partial charge on any atom is -0.462 e. The quantitative estimate of drug-likeness (QED) is 0.0201. The highest BCUT2D eigenvalue weighted by atomic mass is 16.6. The molecule has 0 saturated heterocycles. The molecule has 57 heavy (non-hydrogen) atoms. The van der Waals surface area contributed by atoms with Crippen LogP contribution in [0.4, 0.5) is 0 Å². The van der Waals surface area contributed by atoms with Crippen LogP contribution in [-0.2, 0) is 28.6 Å². The highest BCUT2D eigenvalue weighted by Gasteiger charge is 2.19. The van der Waals surface area contributed by atoms with E-state index in [1.807, 2.05) is 0 Å². The van der Waals surface area contributed by atoms with Gasteiger partial charge in [-0.15, -0.1) is 0 Å². The van der Waals surface area contributed by atoms with Gasteiger partial charge in [-0.2, -0.15) is 0 Å². The first-order chi connectivity index (χ1) is 28.0. The Morgan fingerprint density at radius 3 is 1.12 bits per heavy atom. The van der Waals surface area contributed by atoms with Crippen LogP contribution in [0.2, 0.25) is 0 Å². The van der Waals surface area contributed by atoms with Gasteiger partial charge in [0.2, 0.25) is 0 Å². The molecule has 6 nitrogen and oxygen atoms in total. The standard InChI is InChI=1S/C51H90O6/c1-4-7-10-13-16-19-22-25-28-31-34-37-40-43-49(52)55-46-48(57-51(54)45-42-39-36-33-30-27-24-21-18-15-12-9-6-3)47-56-50(53)44-41-38-35-32-29-26-23-20-17-14-11-8-5-2/h7,10,13,16,19,22,27,30,48H,4-6,8-9,11-12,14-15,17-18,20-21,23-26,28-29,31-47H2,1-3H3/b10-7+,16-13+,22-19+,30-27+. The lowest BCUT2D eigenvalue weighted by Gasteiger charge is -2.18. The van der Waals surface area contributed by atoms with E-state index in [0.29, 0.717) is 19.3 Å². The van der Waals surface area contributed by atoms with Crippen LogP contribution in [0, 0.1) is 0 Å². The second-order valence-electron chi connectivity index (χ2n) is 16.1. The van der Waals surface area contributed by atoms with Gasteiger partial charge in [0.1, 0.15) is 13.2 Å². The molecule has 0 N–H and O–H groups in total. The summed E-state index contributed by atoms with van der Waals surface area (Å²) in [4.78, 5) is 37.8. The molecule has 1 atom stereocenters. The molecular weight excluding hydrogens is 709 g/mol. The van der Waals surface area contributed by atoms with Crippen molar-refractivity contribution < 1.29 is 28.6 Å². The highest BCUT2D eigenvalue weighted by molar-refractivity contribution is 5.71. The van der Waals surface area contributed by atoms with Gasteiger partial charge in [0.05, 0.1) is 0 Å². The van der Waals surface area contributed by atoms with Gasteiger partial charge in [-0.05, 0) is 64.2 Å². The fourth-order valence-electron chi connectivity index (χ4n) is 6.73. The number of ether oxygens (including phenoxy) is 3.